The maximum atomic E-state index is 12.8. The number of nitrogens with two attached hydrogens (primary N) is 1. The summed E-state index contributed by atoms with van der Waals surface area (Å²) in [4.78, 5) is 23.8. The number of hydrogen-bond donors (Lipinski definition) is 2. The van der Waals surface area contributed by atoms with Crippen LogP contribution in [0.25, 0.3) is 0 Å². The number of fused-ring (bicyclic) bond motifs is 1. The Morgan fingerprint density at radius 2 is 1.81 bits per heavy atom. The average Bonchev–Trinajstić information content (AvgIpc) is 2.81. The molecule has 0 bridgehead atoms. The number of rotatable bonds is 4. The number of nitriles is 1. The predicted molar refractivity (Wildman–Crippen MR) is 137 cm³/mol. The van der Waals surface area contributed by atoms with Gasteiger partial charge in [0.2, 0.25) is 11.8 Å². The third-order valence-electron chi connectivity index (χ3n) is 5.63. The first-order chi connectivity index (χ1) is 17.0. The van der Waals surface area contributed by atoms with Crippen molar-refractivity contribution in [1.82, 2.24) is 14.9 Å². The number of aryl methyl sites for hydroxylation is 2. The van der Waals surface area contributed by atoms with Crippen LogP contribution >= 0.6 is 0 Å². The van der Waals surface area contributed by atoms with Crippen molar-refractivity contribution in [3.05, 3.63) is 64.3 Å². The molecule has 0 atom stereocenters. The van der Waals surface area contributed by atoms with Crippen LogP contribution in [0.1, 0.15) is 48.7 Å². The molecule has 0 saturated heterocycles. The van der Waals surface area contributed by atoms with E-state index in [1.165, 1.54) is 0 Å². The van der Waals surface area contributed by atoms with Gasteiger partial charge in [0, 0.05) is 24.3 Å². The van der Waals surface area contributed by atoms with Crippen molar-refractivity contribution in [1.29, 1.82) is 5.26 Å². The number of hydrogen-bond acceptors (Lipinski definition) is 8. The molecule has 186 valence electrons. The number of aromatic nitrogens is 2. The summed E-state index contributed by atoms with van der Waals surface area (Å²) < 4.78 is 11.9. The predicted octanol–water partition coefficient (Wildman–Crippen LogP) is 5.38. The van der Waals surface area contributed by atoms with Crippen molar-refractivity contribution < 1.29 is 14.3 Å². The minimum atomic E-state index is -0.600. The summed E-state index contributed by atoms with van der Waals surface area (Å²) in [6, 6.07) is 13.0. The SMILES string of the molecule is Cc1cc(C#N)cc(C)c1Oc1nc(Nc2ccc(N)cc2)nc2c1CN(C(=O)OC(C)(C)C)CC2. The Hall–Kier alpha value is -4.32. The molecule has 0 radical (unpaired) electrons. The zero-order valence-corrected chi connectivity index (χ0v) is 21.2. The number of carbonyl (C=O) groups is 1. The molecule has 0 aliphatic carbocycles. The summed E-state index contributed by atoms with van der Waals surface area (Å²) in [5, 5.41) is 12.5. The van der Waals surface area contributed by atoms with Crippen molar-refractivity contribution in [3.8, 4) is 17.7 Å². The molecule has 9 nitrogen and oxygen atoms in total. The minimum Gasteiger partial charge on any atom is -0.444 e. The first-order valence-corrected chi connectivity index (χ1v) is 11.7. The summed E-state index contributed by atoms with van der Waals surface area (Å²) in [6.45, 7) is 10.0. The van der Waals surface area contributed by atoms with Crippen molar-refractivity contribution in [3.63, 3.8) is 0 Å². The third kappa shape index (κ3) is 5.66. The summed E-state index contributed by atoms with van der Waals surface area (Å²) in [6.07, 6.45) is 0.128. The number of nitrogens with zero attached hydrogens (tertiary/aromatic N) is 4. The highest BCUT2D eigenvalue weighted by Crippen LogP contribution is 2.35. The number of carbonyl (C=O) groups excluding carboxylic acids is 1. The second-order valence-corrected chi connectivity index (χ2v) is 9.83. The molecule has 1 aliphatic rings. The normalized spacial score (nSPS) is 12.9. The van der Waals surface area contributed by atoms with Gasteiger partial charge in [-0.2, -0.15) is 10.2 Å². The zero-order valence-electron chi connectivity index (χ0n) is 21.2. The molecule has 36 heavy (non-hydrogen) atoms. The standard InChI is InChI=1S/C27H30N6O3/c1-16-12-18(14-28)13-17(2)23(16)35-24-21-15-33(26(34)36-27(3,4)5)11-10-22(21)31-25(32-24)30-20-8-6-19(29)7-9-20/h6-9,12-13H,10-11,15,29H2,1-5H3,(H,30,31,32). The lowest BCUT2D eigenvalue weighted by molar-refractivity contribution is 0.0221. The fourth-order valence-electron chi connectivity index (χ4n) is 3.97. The van der Waals surface area contributed by atoms with Crippen molar-refractivity contribution >= 4 is 23.4 Å². The monoisotopic (exact) mass is 486 g/mol. The van der Waals surface area contributed by atoms with Gasteiger partial charge in [-0.1, -0.05) is 0 Å². The number of nitrogens with one attached hydrogen (secondary N) is 1. The van der Waals surface area contributed by atoms with Crippen LogP contribution in [0, 0.1) is 25.2 Å². The van der Waals surface area contributed by atoms with Crippen LogP contribution in [0.4, 0.5) is 22.1 Å². The van der Waals surface area contributed by atoms with E-state index in [4.69, 9.17) is 20.2 Å². The van der Waals surface area contributed by atoms with E-state index in [9.17, 15) is 10.1 Å². The van der Waals surface area contributed by atoms with Gasteiger partial charge in [-0.25, -0.2) is 9.78 Å². The van der Waals surface area contributed by atoms with Crippen LogP contribution in [-0.4, -0.2) is 33.1 Å². The minimum absolute atomic E-state index is 0.260. The lowest BCUT2D eigenvalue weighted by atomic mass is 10.1. The van der Waals surface area contributed by atoms with Crippen molar-refractivity contribution in [2.45, 2.75) is 53.2 Å². The fourth-order valence-corrected chi connectivity index (χ4v) is 3.97. The fraction of sp³-hybridized carbons (Fsp3) is 0.333. The second-order valence-electron chi connectivity index (χ2n) is 9.83. The molecule has 9 heteroatoms. The molecular weight excluding hydrogens is 456 g/mol. The van der Waals surface area contributed by atoms with E-state index in [0.29, 0.717) is 41.8 Å². The number of amides is 1. The van der Waals surface area contributed by atoms with Crippen LogP contribution < -0.4 is 15.8 Å². The van der Waals surface area contributed by atoms with E-state index in [-0.39, 0.29) is 6.54 Å². The lowest BCUT2D eigenvalue weighted by Crippen LogP contribution is -2.40. The highest BCUT2D eigenvalue weighted by atomic mass is 16.6. The summed E-state index contributed by atoms with van der Waals surface area (Å²) in [5.41, 5.74) is 10.3. The van der Waals surface area contributed by atoms with Crippen molar-refractivity contribution in [2.24, 2.45) is 0 Å². The first-order valence-electron chi connectivity index (χ1n) is 11.7. The Labute approximate surface area is 210 Å². The maximum absolute atomic E-state index is 12.8. The Balaban J connectivity index is 1.72. The van der Waals surface area contributed by atoms with Crippen LogP contribution in [-0.2, 0) is 17.7 Å². The topological polar surface area (TPSA) is 126 Å². The van der Waals surface area contributed by atoms with Gasteiger partial charge >= 0.3 is 6.09 Å². The molecule has 0 unspecified atom stereocenters. The largest absolute Gasteiger partial charge is 0.444 e. The van der Waals surface area contributed by atoms with Crippen LogP contribution in [0.15, 0.2) is 36.4 Å². The number of benzene rings is 2. The van der Waals surface area contributed by atoms with Crippen molar-refractivity contribution in [2.75, 3.05) is 17.6 Å². The van der Waals surface area contributed by atoms with Gasteiger partial charge in [0.15, 0.2) is 0 Å². The van der Waals surface area contributed by atoms with E-state index >= 15 is 0 Å². The number of anilines is 3. The van der Waals surface area contributed by atoms with Gasteiger partial charge in [-0.15, -0.1) is 0 Å². The Morgan fingerprint density at radius 1 is 1.14 bits per heavy atom. The molecule has 1 aromatic heterocycles. The lowest BCUT2D eigenvalue weighted by Gasteiger charge is -2.31. The van der Waals surface area contributed by atoms with E-state index in [2.05, 4.69) is 16.4 Å². The molecule has 0 saturated carbocycles. The summed E-state index contributed by atoms with van der Waals surface area (Å²) in [7, 11) is 0. The Bertz CT molecular complexity index is 1320. The summed E-state index contributed by atoms with van der Waals surface area (Å²) >= 11 is 0. The molecule has 3 N–H and O–H groups in total. The van der Waals surface area contributed by atoms with Gasteiger partial charge in [0.25, 0.3) is 0 Å². The molecule has 3 aromatic rings. The van der Waals surface area contributed by atoms with Gasteiger partial charge in [-0.05, 0) is 82.1 Å². The highest BCUT2D eigenvalue weighted by molar-refractivity contribution is 5.69. The average molecular weight is 487 g/mol. The first kappa shape index (κ1) is 24.8. The zero-order chi connectivity index (χ0) is 26.0. The molecule has 2 aromatic carbocycles. The van der Waals surface area contributed by atoms with Gasteiger partial charge in [0.05, 0.1) is 29.4 Å². The second kappa shape index (κ2) is 9.74. The van der Waals surface area contributed by atoms with Crippen LogP contribution in [0.3, 0.4) is 0 Å². The number of nitrogen functional groups attached to an aromatic ring is 1. The molecule has 1 aliphatic heterocycles. The molecule has 1 amide bonds. The van der Waals surface area contributed by atoms with Gasteiger partial charge in [-0.3, -0.25) is 0 Å². The molecular formula is C27H30N6O3. The van der Waals surface area contributed by atoms with E-state index in [1.807, 2.05) is 46.8 Å². The van der Waals surface area contributed by atoms with Gasteiger partial charge < -0.3 is 25.4 Å². The molecule has 4 rings (SSSR count). The Morgan fingerprint density at radius 3 is 2.42 bits per heavy atom. The third-order valence-corrected chi connectivity index (χ3v) is 5.63. The van der Waals surface area contributed by atoms with Crippen LogP contribution in [0.5, 0.6) is 11.6 Å². The van der Waals surface area contributed by atoms with E-state index < -0.39 is 11.7 Å². The van der Waals surface area contributed by atoms with E-state index in [1.54, 1.807) is 29.2 Å². The Kier molecular flexibility index (Phi) is 6.71. The van der Waals surface area contributed by atoms with E-state index in [0.717, 1.165) is 28.1 Å². The molecule has 0 spiro atoms. The smallest absolute Gasteiger partial charge is 0.410 e. The molecule has 0 fully saturated rings. The molecule has 2 heterocycles. The maximum Gasteiger partial charge on any atom is 0.410 e. The van der Waals surface area contributed by atoms with Crippen LogP contribution in [0.2, 0.25) is 0 Å². The van der Waals surface area contributed by atoms with Gasteiger partial charge in [0.1, 0.15) is 11.4 Å². The summed E-state index contributed by atoms with van der Waals surface area (Å²) in [5.74, 6) is 1.34. The number of ether oxygens (including phenoxy) is 2. The highest BCUT2D eigenvalue weighted by Gasteiger charge is 2.30. The quantitative estimate of drug-likeness (QED) is 0.471.